The van der Waals surface area contributed by atoms with Crippen LogP contribution in [0.1, 0.15) is 34.1 Å². The highest BCUT2D eigenvalue weighted by Crippen LogP contribution is 2.21. The molecule has 1 amide bonds. The lowest BCUT2D eigenvalue weighted by Gasteiger charge is -2.24. The molecule has 1 fully saturated rings. The first-order valence-electron chi connectivity index (χ1n) is 5.68. The molecule has 0 radical (unpaired) electrons. The minimum atomic E-state index is -0.446. The van der Waals surface area contributed by atoms with Gasteiger partial charge in [0.1, 0.15) is 5.60 Å². The van der Waals surface area contributed by atoms with Crippen molar-refractivity contribution < 1.29 is 9.53 Å². The highest BCUT2D eigenvalue weighted by molar-refractivity contribution is 6.13. The van der Waals surface area contributed by atoms with Gasteiger partial charge >= 0.3 is 6.09 Å². The summed E-state index contributed by atoms with van der Waals surface area (Å²) < 4.78 is 6.96. The molecule has 1 N–H and O–H groups in total. The number of alkyl carbamates (subject to hydrolysis) is 1. The van der Waals surface area contributed by atoms with Crippen molar-refractivity contribution in [2.75, 3.05) is 13.1 Å². The highest BCUT2D eigenvalue weighted by atomic mass is 35.5. The third-order valence-electron chi connectivity index (χ3n) is 2.63. The topological polar surface area (TPSA) is 41.6 Å². The molecule has 0 aromatic rings. The molecule has 0 aliphatic carbocycles. The molecule has 4 nitrogen and oxygen atoms in total. The van der Waals surface area contributed by atoms with Crippen LogP contribution >= 0.6 is 11.8 Å². The molecular weight excluding hydrogens is 228 g/mol. The van der Waals surface area contributed by atoms with E-state index in [2.05, 4.69) is 5.32 Å². The Morgan fingerprint density at radius 1 is 1.56 bits per heavy atom. The molecule has 0 aromatic carbocycles. The van der Waals surface area contributed by atoms with Crippen LogP contribution < -0.4 is 5.32 Å². The average molecular weight is 249 g/mol. The highest BCUT2D eigenvalue weighted by Gasteiger charge is 2.28. The third-order valence-corrected chi connectivity index (χ3v) is 2.93. The summed E-state index contributed by atoms with van der Waals surface area (Å²) in [6.45, 7) is 9.25. The predicted molar refractivity (Wildman–Crippen MR) is 64.4 cm³/mol. The summed E-state index contributed by atoms with van der Waals surface area (Å²) in [4.78, 5) is 11.5. The molecule has 0 spiro atoms. The number of hydrogen-bond donors (Lipinski definition) is 1. The monoisotopic (exact) mass is 248 g/mol. The minimum absolute atomic E-state index is 0.0959. The summed E-state index contributed by atoms with van der Waals surface area (Å²) in [5.74, 6) is 0.407. The maximum Gasteiger partial charge on any atom is 0.407 e. The lowest BCUT2D eigenvalue weighted by Crippen LogP contribution is -2.41. The lowest BCUT2D eigenvalue weighted by molar-refractivity contribution is 0.0493. The average Bonchev–Trinajstić information content (AvgIpc) is 2.47. The van der Waals surface area contributed by atoms with Crippen LogP contribution in [-0.4, -0.2) is 35.2 Å². The number of carbonyl (C=O) groups excluding carboxylic acids is 1. The van der Waals surface area contributed by atoms with Crippen LogP contribution in [0.5, 0.6) is 0 Å². The van der Waals surface area contributed by atoms with Crippen LogP contribution in [0.2, 0.25) is 0 Å². The summed E-state index contributed by atoms with van der Waals surface area (Å²) in [7, 11) is 0. The Labute approximate surface area is 102 Å². The molecule has 94 valence electrons. The van der Waals surface area contributed by atoms with Crippen molar-refractivity contribution in [1.29, 1.82) is 0 Å². The molecule has 0 aromatic heterocycles. The van der Waals surface area contributed by atoms with E-state index in [1.807, 2.05) is 27.7 Å². The molecule has 1 heterocycles. The van der Waals surface area contributed by atoms with E-state index >= 15 is 0 Å². The first-order chi connectivity index (χ1) is 7.28. The van der Waals surface area contributed by atoms with Crippen LogP contribution in [0.25, 0.3) is 0 Å². The molecule has 1 rings (SSSR count). The van der Waals surface area contributed by atoms with Crippen molar-refractivity contribution in [3.8, 4) is 0 Å². The molecule has 0 bridgehead atoms. The first kappa shape index (κ1) is 13.6. The number of rotatable bonds is 2. The Hall–Kier alpha value is -0.480. The molecule has 1 saturated heterocycles. The molecule has 0 saturated carbocycles. The summed E-state index contributed by atoms with van der Waals surface area (Å²) in [6, 6.07) is 0.0959. The van der Waals surface area contributed by atoms with Crippen molar-refractivity contribution in [2.24, 2.45) is 5.92 Å². The quantitative estimate of drug-likeness (QED) is 0.763. The number of nitrogens with one attached hydrogen (secondary N) is 1. The van der Waals surface area contributed by atoms with E-state index in [9.17, 15) is 4.79 Å². The molecule has 5 heteroatoms. The number of carbonyl (C=O) groups is 1. The van der Waals surface area contributed by atoms with E-state index in [1.54, 1.807) is 4.42 Å². The van der Waals surface area contributed by atoms with Gasteiger partial charge in [-0.3, -0.25) is 0 Å². The van der Waals surface area contributed by atoms with Gasteiger partial charge in [-0.25, -0.2) is 9.21 Å². The van der Waals surface area contributed by atoms with Crippen LogP contribution in [0.3, 0.4) is 0 Å². The summed E-state index contributed by atoms with van der Waals surface area (Å²) in [6.07, 6.45) is 0.661. The van der Waals surface area contributed by atoms with E-state index in [0.29, 0.717) is 5.92 Å². The van der Waals surface area contributed by atoms with E-state index in [-0.39, 0.29) is 12.1 Å². The van der Waals surface area contributed by atoms with Gasteiger partial charge < -0.3 is 10.1 Å². The fourth-order valence-electron chi connectivity index (χ4n) is 1.76. The molecular formula is C11H21ClN2O2. The van der Waals surface area contributed by atoms with Crippen LogP contribution in [0, 0.1) is 5.92 Å². The van der Waals surface area contributed by atoms with Gasteiger partial charge in [-0.1, -0.05) is 0 Å². The van der Waals surface area contributed by atoms with Crippen molar-refractivity contribution in [2.45, 2.75) is 45.8 Å². The van der Waals surface area contributed by atoms with Gasteiger partial charge in [-0.2, -0.15) is 0 Å². The number of hydrogen-bond acceptors (Lipinski definition) is 3. The van der Waals surface area contributed by atoms with Gasteiger partial charge in [0.05, 0.1) is 0 Å². The first-order valence-corrected chi connectivity index (χ1v) is 6.02. The van der Waals surface area contributed by atoms with E-state index in [0.717, 1.165) is 19.5 Å². The van der Waals surface area contributed by atoms with Gasteiger partial charge in [0, 0.05) is 19.1 Å². The smallest absolute Gasteiger partial charge is 0.407 e. The zero-order valence-corrected chi connectivity index (χ0v) is 11.2. The maximum atomic E-state index is 11.5. The Morgan fingerprint density at radius 2 is 2.19 bits per heavy atom. The van der Waals surface area contributed by atoms with Gasteiger partial charge in [0.2, 0.25) is 0 Å². The number of ether oxygens (including phenoxy) is 1. The standard InChI is InChI=1S/C11H21ClN2O2/c1-8(9-5-6-14(12)7-9)13-10(15)16-11(2,3)4/h8-9H,5-7H2,1-4H3,(H,13,15)/t8-,9+/m0/s1. The summed E-state index contributed by atoms with van der Waals surface area (Å²) in [5.41, 5.74) is -0.446. The number of halogens is 1. The van der Waals surface area contributed by atoms with Crippen molar-refractivity contribution in [3.63, 3.8) is 0 Å². The molecule has 1 aliphatic heterocycles. The fourth-order valence-corrected chi connectivity index (χ4v) is 2.04. The van der Waals surface area contributed by atoms with Gasteiger partial charge in [0.15, 0.2) is 0 Å². The van der Waals surface area contributed by atoms with Gasteiger partial charge in [-0.15, -0.1) is 0 Å². The van der Waals surface area contributed by atoms with Crippen molar-refractivity contribution in [3.05, 3.63) is 0 Å². The van der Waals surface area contributed by atoms with Crippen LogP contribution in [-0.2, 0) is 4.74 Å². The number of amides is 1. The Bertz CT molecular complexity index is 253. The second kappa shape index (κ2) is 5.23. The van der Waals surface area contributed by atoms with Crippen molar-refractivity contribution >= 4 is 17.9 Å². The minimum Gasteiger partial charge on any atom is -0.444 e. The zero-order chi connectivity index (χ0) is 12.3. The SMILES string of the molecule is C[C@H](NC(=O)OC(C)(C)C)[C@@H]1CCN(Cl)C1. The number of nitrogens with zero attached hydrogens (tertiary/aromatic N) is 1. The summed E-state index contributed by atoms with van der Waals surface area (Å²) in [5, 5.41) is 2.85. The molecule has 1 aliphatic rings. The van der Waals surface area contributed by atoms with Crippen LogP contribution in [0.15, 0.2) is 0 Å². The molecule has 0 unspecified atom stereocenters. The van der Waals surface area contributed by atoms with E-state index < -0.39 is 5.60 Å². The molecule has 2 atom stereocenters. The van der Waals surface area contributed by atoms with E-state index in [4.69, 9.17) is 16.5 Å². The normalized spacial score (nSPS) is 24.2. The largest absolute Gasteiger partial charge is 0.444 e. The Balaban J connectivity index is 2.34. The fraction of sp³-hybridized carbons (Fsp3) is 0.909. The second-order valence-corrected chi connectivity index (χ2v) is 5.83. The maximum absolute atomic E-state index is 11.5. The second-order valence-electron chi connectivity index (χ2n) is 5.35. The lowest BCUT2D eigenvalue weighted by atomic mass is 10.0. The van der Waals surface area contributed by atoms with E-state index in [1.165, 1.54) is 0 Å². The molecule has 16 heavy (non-hydrogen) atoms. The third kappa shape index (κ3) is 4.58. The zero-order valence-electron chi connectivity index (χ0n) is 10.4. The van der Waals surface area contributed by atoms with Gasteiger partial charge in [-0.05, 0) is 51.8 Å². The Morgan fingerprint density at radius 3 is 2.62 bits per heavy atom. The van der Waals surface area contributed by atoms with Crippen molar-refractivity contribution in [1.82, 2.24) is 9.74 Å². The van der Waals surface area contributed by atoms with Crippen LogP contribution in [0.4, 0.5) is 4.79 Å². The van der Waals surface area contributed by atoms with Gasteiger partial charge in [0.25, 0.3) is 0 Å². The Kier molecular flexibility index (Phi) is 4.44. The summed E-state index contributed by atoms with van der Waals surface area (Å²) >= 11 is 5.88. The predicted octanol–water partition coefficient (Wildman–Crippen LogP) is 2.38.